The van der Waals surface area contributed by atoms with E-state index >= 15 is 0 Å². The van der Waals surface area contributed by atoms with Crippen molar-refractivity contribution >= 4 is 0 Å². The van der Waals surface area contributed by atoms with Gasteiger partial charge in [-0.3, -0.25) is 0 Å². The van der Waals surface area contributed by atoms with Crippen LogP contribution in [0.1, 0.15) is 105 Å². The highest BCUT2D eigenvalue weighted by atomic mass is 16.2. The van der Waals surface area contributed by atoms with Crippen LogP contribution in [0.3, 0.4) is 0 Å². The van der Waals surface area contributed by atoms with Crippen LogP contribution < -0.4 is 0 Å². The molecule has 1 nitrogen and oxygen atoms in total. The van der Waals surface area contributed by atoms with Crippen molar-refractivity contribution in [2.45, 2.75) is 105 Å². The molecular formula is C25H46O. The van der Waals surface area contributed by atoms with Crippen LogP contribution in [0.4, 0.5) is 0 Å². The monoisotopic (exact) mass is 362 g/mol. The van der Waals surface area contributed by atoms with Gasteiger partial charge in [-0.25, -0.2) is 0 Å². The molecule has 6 unspecified atom stereocenters. The first-order valence-corrected chi connectivity index (χ1v) is 12.1. The molecule has 0 aliphatic heterocycles. The molecule has 4 rings (SSSR count). The highest BCUT2D eigenvalue weighted by Crippen LogP contribution is 2.68. The molecule has 0 spiro atoms. The smallest absolute Gasteiger partial charge is 0.0431 e. The standard InChI is InChI=1S/C23H40O.C2H6/c1-16-15-18-20-10-9-17(7-6-14-24)22(20,2)13-11-21(18)23(3)12-5-4-8-19(16)23;1-2/h16-21,24H,4-15H2,1-3H3;1-2H3/t16-,17?,18?,19?,20?,21-,22?,23?;/m0./s1. The van der Waals surface area contributed by atoms with Crippen molar-refractivity contribution in [1.82, 2.24) is 0 Å². The molecule has 1 heteroatoms. The number of rotatable bonds is 3. The first-order chi connectivity index (χ1) is 12.5. The summed E-state index contributed by atoms with van der Waals surface area (Å²) < 4.78 is 0. The summed E-state index contributed by atoms with van der Waals surface area (Å²) >= 11 is 0. The fraction of sp³-hybridized carbons (Fsp3) is 1.00. The van der Waals surface area contributed by atoms with Crippen molar-refractivity contribution in [3.05, 3.63) is 0 Å². The minimum absolute atomic E-state index is 0.389. The average Bonchev–Trinajstić information content (AvgIpc) is 2.98. The van der Waals surface area contributed by atoms with Gasteiger partial charge in [0.05, 0.1) is 0 Å². The van der Waals surface area contributed by atoms with Crippen molar-refractivity contribution in [2.24, 2.45) is 46.3 Å². The molecule has 0 heterocycles. The second-order valence-electron chi connectivity index (χ2n) is 10.6. The van der Waals surface area contributed by atoms with E-state index in [0.717, 1.165) is 41.9 Å². The Morgan fingerprint density at radius 3 is 2.31 bits per heavy atom. The molecule has 152 valence electrons. The summed E-state index contributed by atoms with van der Waals surface area (Å²) in [7, 11) is 0. The maximum absolute atomic E-state index is 9.29. The molecule has 4 aliphatic carbocycles. The summed E-state index contributed by atoms with van der Waals surface area (Å²) in [4.78, 5) is 0. The second kappa shape index (κ2) is 8.14. The Labute approximate surface area is 163 Å². The Balaban J connectivity index is 0.000000948. The predicted molar refractivity (Wildman–Crippen MR) is 112 cm³/mol. The van der Waals surface area contributed by atoms with E-state index in [0.29, 0.717) is 17.4 Å². The quantitative estimate of drug-likeness (QED) is 0.568. The van der Waals surface area contributed by atoms with Crippen LogP contribution in [-0.4, -0.2) is 11.7 Å². The highest BCUT2D eigenvalue weighted by molar-refractivity contribution is 5.09. The molecule has 26 heavy (non-hydrogen) atoms. The SMILES string of the molecule is CC.C[C@H]1CC2C3CCC(CCCO)C3(C)CC[C@@H]2C2(C)CCCCC12. The molecule has 0 radical (unpaired) electrons. The van der Waals surface area contributed by atoms with E-state index in [4.69, 9.17) is 0 Å². The summed E-state index contributed by atoms with van der Waals surface area (Å²) in [5.74, 6) is 5.88. The third-order valence-electron chi connectivity index (χ3n) is 9.85. The first kappa shape index (κ1) is 20.7. The van der Waals surface area contributed by atoms with Crippen molar-refractivity contribution in [3.63, 3.8) is 0 Å². The maximum Gasteiger partial charge on any atom is 0.0431 e. The van der Waals surface area contributed by atoms with Gasteiger partial charge in [-0.1, -0.05) is 47.5 Å². The number of hydrogen-bond donors (Lipinski definition) is 1. The lowest BCUT2D eigenvalue weighted by atomic mass is 9.43. The van der Waals surface area contributed by atoms with Gasteiger partial charge in [0.2, 0.25) is 0 Å². The van der Waals surface area contributed by atoms with Crippen LogP contribution in [0.25, 0.3) is 0 Å². The maximum atomic E-state index is 9.29. The van der Waals surface area contributed by atoms with E-state index in [9.17, 15) is 5.11 Å². The molecule has 4 aliphatic rings. The van der Waals surface area contributed by atoms with Crippen LogP contribution in [0.2, 0.25) is 0 Å². The summed E-state index contributed by atoms with van der Waals surface area (Å²) in [6, 6.07) is 0. The fourth-order valence-electron chi connectivity index (χ4n) is 8.73. The molecular weight excluding hydrogens is 316 g/mol. The van der Waals surface area contributed by atoms with Gasteiger partial charge in [-0.15, -0.1) is 0 Å². The minimum atomic E-state index is 0.389. The largest absolute Gasteiger partial charge is 0.396 e. The normalized spacial score (nSPS) is 50.1. The molecule has 0 amide bonds. The number of fused-ring (bicyclic) bond motifs is 5. The molecule has 0 aromatic heterocycles. The second-order valence-corrected chi connectivity index (χ2v) is 10.6. The predicted octanol–water partition coefficient (Wildman–Crippen LogP) is 7.08. The van der Waals surface area contributed by atoms with Gasteiger partial charge >= 0.3 is 0 Å². The van der Waals surface area contributed by atoms with E-state index in [1.807, 2.05) is 13.8 Å². The molecule has 0 bridgehead atoms. The van der Waals surface area contributed by atoms with E-state index in [2.05, 4.69) is 20.8 Å². The lowest BCUT2D eigenvalue weighted by molar-refractivity contribution is -0.132. The summed E-state index contributed by atoms with van der Waals surface area (Å²) in [5, 5.41) is 9.29. The minimum Gasteiger partial charge on any atom is -0.396 e. The van der Waals surface area contributed by atoms with Gasteiger partial charge in [0.25, 0.3) is 0 Å². The van der Waals surface area contributed by atoms with Gasteiger partial charge in [0, 0.05) is 6.61 Å². The summed E-state index contributed by atoms with van der Waals surface area (Å²) in [6.07, 6.45) is 15.8. The average molecular weight is 363 g/mol. The summed E-state index contributed by atoms with van der Waals surface area (Å²) in [6.45, 7) is 12.3. The van der Waals surface area contributed by atoms with Crippen molar-refractivity contribution in [2.75, 3.05) is 6.61 Å². The van der Waals surface area contributed by atoms with Crippen molar-refractivity contribution in [3.8, 4) is 0 Å². The molecule has 0 aromatic carbocycles. The van der Waals surface area contributed by atoms with Gasteiger partial charge < -0.3 is 5.11 Å². The van der Waals surface area contributed by atoms with Crippen LogP contribution in [0.15, 0.2) is 0 Å². The Morgan fingerprint density at radius 1 is 0.846 bits per heavy atom. The van der Waals surface area contributed by atoms with Gasteiger partial charge in [0.15, 0.2) is 0 Å². The zero-order valence-electron chi connectivity index (χ0n) is 18.4. The first-order valence-electron chi connectivity index (χ1n) is 12.1. The molecule has 1 N–H and O–H groups in total. The molecule has 4 saturated carbocycles. The Kier molecular flexibility index (Phi) is 6.48. The fourth-order valence-corrected chi connectivity index (χ4v) is 8.73. The molecule has 4 fully saturated rings. The van der Waals surface area contributed by atoms with E-state index in [1.165, 1.54) is 64.2 Å². The third-order valence-corrected chi connectivity index (χ3v) is 9.85. The van der Waals surface area contributed by atoms with Crippen LogP contribution in [0, 0.1) is 46.3 Å². The number of hydrogen-bond acceptors (Lipinski definition) is 1. The molecule has 0 saturated heterocycles. The van der Waals surface area contributed by atoms with Crippen LogP contribution in [0.5, 0.6) is 0 Å². The summed E-state index contributed by atoms with van der Waals surface area (Å²) in [5.41, 5.74) is 1.25. The zero-order valence-corrected chi connectivity index (χ0v) is 18.4. The molecule has 0 aromatic rings. The lowest BCUT2D eigenvalue weighted by Crippen LogP contribution is -2.55. The Hall–Kier alpha value is -0.0400. The third kappa shape index (κ3) is 3.19. The Morgan fingerprint density at radius 2 is 1.58 bits per heavy atom. The van der Waals surface area contributed by atoms with Crippen LogP contribution >= 0.6 is 0 Å². The Bertz CT molecular complexity index is 459. The topological polar surface area (TPSA) is 20.2 Å². The van der Waals surface area contributed by atoms with E-state index < -0.39 is 0 Å². The van der Waals surface area contributed by atoms with Crippen LogP contribution in [-0.2, 0) is 0 Å². The highest BCUT2D eigenvalue weighted by Gasteiger charge is 2.60. The lowest BCUT2D eigenvalue weighted by Gasteiger charge is -2.62. The van der Waals surface area contributed by atoms with Gasteiger partial charge in [-0.2, -0.15) is 0 Å². The number of aliphatic hydroxyl groups is 1. The van der Waals surface area contributed by atoms with Crippen molar-refractivity contribution < 1.29 is 5.11 Å². The van der Waals surface area contributed by atoms with Gasteiger partial charge in [0.1, 0.15) is 0 Å². The van der Waals surface area contributed by atoms with Crippen molar-refractivity contribution in [1.29, 1.82) is 0 Å². The number of aliphatic hydroxyl groups excluding tert-OH is 1. The van der Waals surface area contributed by atoms with E-state index in [1.54, 1.807) is 0 Å². The van der Waals surface area contributed by atoms with Gasteiger partial charge in [-0.05, 0) is 104 Å². The zero-order chi connectivity index (χ0) is 18.9. The van der Waals surface area contributed by atoms with E-state index in [-0.39, 0.29) is 0 Å². The molecule has 8 atom stereocenters.